The third-order valence-corrected chi connectivity index (χ3v) is 6.76. The number of nitrogens with zero attached hydrogens (tertiary/aromatic N) is 1. The van der Waals surface area contributed by atoms with Crippen molar-refractivity contribution in [3.8, 4) is 0 Å². The highest BCUT2D eigenvalue weighted by Crippen LogP contribution is 2.21. The van der Waals surface area contributed by atoms with Crippen LogP contribution in [0, 0.1) is 5.82 Å². The lowest BCUT2D eigenvalue weighted by atomic mass is 10.0. The molecule has 0 fully saturated rings. The largest absolute Gasteiger partial charge is 0.355 e. The van der Waals surface area contributed by atoms with E-state index in [2.05, 4.69) is 21.2 Å². The SMILES string of the molecule is CCNC(=O)[C@H](Cc1ccccc1)N(Cc1cccc(Br)c1)C(=O)CSCc1ccccc1F. The maximum Gasteiger partial charge on any atom is 0.243 e. The summed E-state index contributed by atoms with van der Waals surface area (Å²) in [5.41, 5.74) is 2.46. The predicted octanol–water partition coefficient (Wildman–Crippen LogP) is 5.60. The Morgan fingerprint density at radius 1 is 1.00 bits per heavy atom. The summed E-state index contributed by atoms with van der Waals surface area (Å²) in [4.78, 5) is 28.2. The van der Waals surface area contributed by atoms with E-state index in [0.29, 0.717) is 30.8 Å². The minimum Gasteiger partial charge on any atom is -0.355 e. The number of likely N-dealkylation sites (N-methyl/N-ethyl adjacent to an activating group) is 1. The first-order chi connectivity index (χ1) is 16.5. The fourth-order valence-electron chi connectivity index (χ4n) is 3.62. The van der Waals surface area contributed by atoms with E-state index in [1.54, 1.807) is 23.1 Å². The van der Waals surface area contributed by atoms with E-state index in [1.807, 2.05) is 61.5 Å². The Bertz CT molecular complexity index is 1100. The van der Waals surface area contributed by atoms with Gasteiger partial charge in [-0.15, -0.1) is 11.8 Å². The molecule has 0 unspecified atom stereocenters. The van der Waals surface area contributed by atoms with Crippen LogP contribution in [0.1, 0.15) is 23.6 Å². The molecular formula is C27H28BrFN2O2S. The van der Waals surface area contributed by atoms with Crippen molar-refractivity contribution in [3.05, 3.63) is 106 Å². The van der Waals surface area contributed by atoms with Gasteiger partial charge in [0.05, 0.1) is 5.75 Å². The van der Waals surface area contributed by atoms with Crippen LogP contribution in [-0.4, -0.2) is 35.1 Å². The lowest BCUT2D eigenvalue weighted by Crippen LogP contribution is -2.51. The fraction of sp³-hybridized carbons (Fsp3) is 0.259. The van der Waals surface area contributed by atoms with Gasteiger partial charge >= 0.3 is 0 Å². The molecule has 0 spiro atoms. The van der Waals surface area contributed by atoms with E-state index in [4.69, 9.17) is 0 Å². The van der Waals surface area contributed by atoms with Gasteiger partial charge in [0.1, 0.15) is 11.9 Å². The van der Waals surface area contributed by atoms with E-state index in [0.717, 1.165) is 15.6 Å². The molecule has 3 rings (SSSR count). The summed E-state index contributed by atoms with van der Waals surface area (Å²) in [6, 6.07) is 23.3. The van der Waals surface area contributed by atoms with Gasteiger partial charge in [0, 0.05) is 29.7 Å². The molecule has 178 valence electrons. The van der Waals surface area contributed by atoms with E-state index >= 15 is 0 Å². The van der Waals surface area contributed by atoms with Gasteiger partial charge in [0.15, 0.2) is 0 Å². The van der Waals surface area contributed by atoms with Crippen LogP contribution < -0.4 is 5.32 Å². The Morgan fingerprint density at radius 3 is 2.41 bits per heavy atom. The first kappa shape index (κ1) is 26.0. The Hall–Kier alpha value is -2.64. The van der Waals surface area contributed by atoms with Crippen LogP contribution in [0.2, 0.25) is 0 Å². The number of carbonyl (C=O) groups excluding carboxylic acids is 2. The molecule has 0 aliphatic heterocycles. The number of amides is 2. The zero-order valence-corrected chi connectivity index (χ0v) is 21.4. The summed E-state index contributed by atoms with van der Waals surface area (Å²) in [5, 5.41) is 2.89. The van der Waals surface area contributed by atoms with Crippen LogP contribution in [0.15, 0.2) is 83.3 Å². The first-order valence-electron chi connectivity index (χ1n) is 11.1. The smallest absolute Gasteiger partial charge is 0.243 e. The summed E-state index contributed by atoms with van der Waals surface area (Å²) in [7, 11) is 0. The number of thioether (sulfide) groups is 1. The van der Waals surface area contributed by atoms with Gasteiger partial charge in [0.25, 0.3) is 0 Å². The van der Waals surface area contributed by atoms with Gasteiger partial charge in [-0.05, 0) is 41.8 Å². The molecule has 1 N–H and O–H groups in total. The molecule has 0 aliphatic carbocycles. The summed E-state index contributed by atoms with van der Waals surface area (Å²) >= 11 is 4.83. The highest BCUT2D eigenvalue weighted by Gasteiger charge is 2.30. The molecule has 0 aromatic heterocycles. The van der Waals surface area contributed by atoms with Crippen molar-refractivity contribution in [2.75, 3.05) is 12.3 Å². The maximum atomic E-state index is 14.0. The first-order valence-corrected chi connectivity index (χ1v) is 13.1. The monoisotopic (exact) mass is 542 g/mol. The third kappa shape index (κ3) is 7.71. The van der Waals surface area contributed by atoms with Gasteiger partial charge in [-0.25, -0.2) is 4.39 Å². The second-order valence-corrected chi connectivity index (χ2v) is 9.74. The van der Waals surface area contributed by atoms with Crippen LogP contribution in [0.5, 0.6) is 0 Å². The zero-order valence-electron chi connectivity index (χ0n) is 19.0. The second kappa shape index (κ2) is 13.3. The summed E-state index contributed by atoms with van der Waals surface area (Å²) in [6.07, 6.45) is 0.407. The van der Waals surface area contributed by atoms with Gasteiger partial charge in [-0.1, -0.05) is 76.6 Å². The van der Waals surface area contributed by atoms with Gasteiger partial charge < -0.3 is 10.2 Å². The van der Waals surface area contributed by atoms with E-state index < -0.39 is 6.04 Å². The molecule has 34 heavy (non-hydrogen) atoms. The molecule has 0 saturated carbocycles. The van der Waals surface area contributed by atoms with Crippen LogP contribution in [0.25, 0.3) is 0 Å². The minimum atomic E-state index is -0.664. The fourth-order valence-corrected chi connectivity index (χ4v) is 4.97. The van der Waals surface area contributed by atoms with Crippen molar-refractivity contribution in [3.63, 3.8) is 0 Å². The molecule has 1 atom stereocenters. The molecule has 0 bridgehead atoms. The Kier molecular flexibility index (Phi) is 10.2. The molecule has 0 saturated heterocycles. The molecule has 3 aromatic rings. The van der Waals surface area contributed by atoms with E-state index in [9.17, 15) is 14.0 Å². The molecule has 0 heterocycles. The minimum absolute atomic E-state index is 0.146. The second-order valence-electron chi connectivity index (χ2n) is 7.84. The summed E-state index contributed by atoms with van der Waals surface area (Å²) in [5.74, 6) is -0.0965. The molecule has 3 aromatic carbocycles. The molecule has 4 nitrogen and oxygen atoms in total. The number of hydrogen-bond donors (Lipinski definition) is 1. The molecule has 7 heteroatoms. The highest BCUT2D eigenvalue weighted by molar-refractivity contribution is 9.10. The van der Waals surface area contributed by atoms with Gasteiger partial charge in [-0.2, -0.15) is 0 Å². The molecular weight excluding hydrogens is 515 g/mol. The van der Waals surface area contributed by atoms with Crippen molar-refractivity contribution >= 4 is 39.5 Å². The zero-order chi connectivity index (χ0) is 24.3. The number of rotatable bonds is 11. The van der Waals surface area contributed by atoms with Gasteiger partial charge in [0.2, 0.25) is 11.8 Å². The number of hydrogen-bond acceptors (Lipinski definition) is 3. The lowest BCUT2D eigenvalue weighted by molar-refractivity contribution is -0.139. The Labute approximate surface area is 213 Å². The summed E-state index contributed by atoms with van der Waals surface area (Å²) < 4.78 is 14.9. The Morgan fingerprint density at radius 2 is 1.71 bits per heavy atom. The standard InChI is InChI=1S/C27H28BrFN2O2S/c1-2-30-27(33)25(16-20-9-4-3-5-10-20)31(17-21-11-8-13-23(28)15-21)26(32)19-34-18-22-12-6-7-14-24(22)29/h3-15,25H,2,16-19H2,1H3,(H,30,33)/t25-/m0/s1. The average molecular weight is 544 g/mol. The van der Waals surface area contributed by atoms with Crippen molar-refractivity contribution in [2.24, 2.45) is 0 Å². The molecule has 2 amide bonds. The van der Waals surface area contributed by atoms with Crippen LogP contribution in [0.4, 0.5) is 4.39 Å². The number of benzene rings is 3. The molecule has 0 aliphatic rings. The van der Waals surface area contributed by atoms with Crippen molar-refractivity contribution in [1.29, 1.82) is 0 Å². The maximum absolute atomic E-state index is 14.0. The van der Waals surface area contributed by atoms with Crippen LogP contribution in [0.3, 0.4) is 0 Å². The van der Waals surface area contributed by atoms with Crippen molar-refractivity contribution < 1.29 is 14.0 Å². The van der Waals surface area contributed by atoms with Crippen LogP contribution in [-0.2, 0) is 28.3 Å². The van der Waals surface area contributed by atoms with Crippen molar-refractivity contribution in [2.45, 2.75) is 31.7 Å². The normalized spacial score (nSPS) is 11.6. The lowest BCUT2D eigenvalue weighted by Gasteiger charge is -2.31. The number of halogens is 2. The van der Waals surface area contributed by atoms with Crippen LogP contribution >= 0.6 is 27.7 Å². The van der Waals surface area contributed by atoms with E-state index in [-0.39, 0.29) is 23.4 Å². The number of nitrogens with one attached hydrogen (secondary N) is 1. The van der Waals surface area contributed by atoms with Gasteiger partial charge in [-0.3, -0.25) is 9.59 Å². The van der Waals surface area contributed by atoms with Crippen molar-refractivity contribution in [1.82, 2.24) is 10.2 Å². The predicted molar refractivity (Wildman–Crippen MR) is 140 cm³/mol. The van der Waals surface area contributed by atoms with E-state index in [1.165, 1.54) is 17.8 Å². The quantitative estimate of drug-likeness (QED) is 0.343. The topological polar surface area (TPSA) is 49.4 Å². The summed E-state index contributed by atoms with van der Waals surface area (Å²) in [6.45, 7) is 2.64. The Balaban J connectivity index is 1.83. The number of carbonyl (C=O) groups is 2. The third-order valence-electron chi connectivity index (χ3n) is 5.30. The average Bonchev–Trinajstić information content (AvgIpc) is 2.83. The molecule has 0 radical (unpaired) electrons. The highest BCUT2D eigenvalue weighted by atomic mass is 79.9.